The molecule has 0 aromatic heterocycles. The number of hydrogen-bond acceptors (Lipinski definition) is 6. The van der Waals surface area contributed by atoms with Gasteiger partial charge in [0, 0.05) is 0 Å². The number of hydroxylamine groups is 1. The molecule has 2 N–H and O–H groups in total. The number of nitrogens with zero attached hydrogens (tertiary/aromatic N) is 1. The van der Waals surface area contributed by atoms with E-state index in [2.05, 4.69) is 20.5 Å². The summed E-state index contributed by atoms with van der Waals surface area (Å²) in [6.45, 7) is 0. The van der Waals surface area contributed by atoms with Crippen molar-refractivity contribution in [1.29, 1.82) is 0 Å². The van der Waals surface area contributed by atoms with E-state index < -0.39 is 12.1 Å². The van der Waals surface area contributed by atoms with Crippen LogP contribution in [0.25, 0.3) is 0 Å². The molecule has 7 heteroatoms. The van der Waals surface area contributed by atoms with Crippen molar-refractivity contribution in [3.63, 3.8) is 0 Å². The number of hydrogen-bond donors (Lipinski definition) is 2. The number of nitrogens with one attached hydrogen (secondary N) is 2. The molecule has 0 saturated carbocycles. The first-order valence-corrected chi connectivity index (χ1v) is 4.43. The Morgan fingerprint density at radius 2 is 2.12 bits per heavy atom. The van der Waals surface area contributed by atoms with E-state index in [0.717, 1.165) is 7.11 Å². The molecule has 0 spiro atoms. The highest BCUT2D eigenvalue weighted by Gasteiger charge is 2.27. The van der Waals surface area contributed by atoms with Crippen molar-refractivity contribution in [2.75, 3.05) is 12.5 Å². The number of para-hydroxylation sites is 1. The van der Waals surface area contributed by atoms with Crippen molar-refractivity contribution in [1.82, 2.24) is 10.7 Å². The molecule has 1 amide bonds. The maximum Gasteiger partial charge on any atom is 0.534 e. The molecule has 0 saturated heterocycles. The number of hydrazine groups is 2. The van der Waals surface area contributed by atoms with Gasteiger partial charge in [0.2, 0.25) is 0 Å². The molecule has 0 atom stereocenters. The summed E-state index contributed by atoms with van der Waals surface area (Å²) in [5.74, 6) is -0.486. The number of anilines is 1. The van der Waals surface area contributed by atoms with Crippen LogP contribution in [-0.2, 0) is 9.57 Å². The van der Waals surface area contributed by atoms with Gasteiger partial charge in [-0.05, 0) is 12.1 Å². The molecule has 1 aliphatic heterocycles. The standard InChI is InChI=1S/C9H9N3O4/c1-15-9(14)16-12-8(13)6-4-2-3-5-7(6)10-11-12/h2-5,10-11H,1H3. The Kier molecular flexibility index (Phi) is 2.61. The number of ether oxygens (including phenoxy) is 1. The van der Waals surface area contributed by atoms with Crippen molar-refractivity contribution in [3.8, 4) is 0 Å². The van der Waals surface area contributed by atoms with Crippen molar-refractivity contribution in [3.05, 3.63) is 29.8 Å². The first-order chi connectivity index (χ1) is 7.72. The molecule has 1 aromatic carbocycles. The van der Waals surface area contributed by atoms with Crippen molar-refractivity contribution < 1.29 is 19.2 Å². The van der Waals surface area contributed by atoms with Gasteiger partial charge in [0.05, 0.1) is 18.4 Å². The number of carbonyl (C=O) groups excluding carboxylic acids is 2. The highest BCUT2D eigenvalue weighted by molar-refractivity contribution is 6.00. The lowest BCUT2D eigenvalue weighted by Crippen LogP contribution is -2.50. The Hall–Kier alpha value is -2.28. The molecule has 7 nitrogen and oxygen atoms in total. The summed E-state index contributed by atoms with van der Waals surface area (Å²) in [5, 5.41) is 0.661. The van der Waals surface area contributed by atoms with Gasteiger partial charge in [0.25, 0.3) is 0 Å². The van der Waals surface area contributed by atoms with E-state index in [4.69, 9.17) is 0 Å². The number of benzene rings is 1. The number of methoxy groups -OCH3 is 1. The van der Waals surface area contributed by atoms with E-state index in [-0.39, 0.29) is 0 Å². The molecule has 0 radical (unpaired) electrons. The SMILES string of the molecule is COC(=O)ON1NNc2ccccc2C1=O. The maximum atomic E-state index is 11.8. The molecule has 0 unspecified atom stereocenters. The normalized spacial score (nSPS) is 13.8. The molecule has 84 valence electrons. The summed E-state index contributed by atoms with van der Waals surface area (Å²) < 4.78 is 4.27. The van der Waals surface area contributed by atoms with Gasteiger partial charge in [-0.25, -0.2) is 4.79 Å². The molecular formula is C9H9N3O4. The van der Waals surface area contributed by atoms with E-state index in [9.17, 15) is 9.59 Å². The summed E-state index contributed by atoms with van der Waals surface area (Å²) in [7, 11) is 1.15. The Bertz CT molecular complexity index is 435. The molecule has 1 aliphatic rings. The molecule has 1 aromatic rings. The fourth-order valence-corrected chi connectivity index (χ4v) is 1.23. The second-order valence-electron chi connectivity index (χ2n) is 2.93. The van der Waals surface area contributed by atoms with E-state index in [1.165, 1.54) is 0 Å². The summed E-state index contributed by atoms with van der Waals surface area (Å²) >= 11 is 0. The van der Waals surface area contributed by atoms with Crippen LogP contribution in [0.5, 0.6) is 0 Å². The predicted molar refractivity (Wildman–Crippen MR) is 52.9 cm³/mol. The highest BCUT2D eigenvalue weighted by atomic mass is 16.8. The summed E-state index contributed by atoms with van der Waals surface area (Å²) in [5.41, 5.74) is 6.10. The molecule has 16 heavy (non-hydrogen) atoms. The summed E-state index contributed by atoms with van der Waals surface area (Å²) in [6, 6.07) is 6.81. The number of amides is 1. The third-order valence-corrected chi connectivity index (χ3v) is 1.97. The largest absolute Gasteiger partial charge is 0.534 e. The fourth-order valence-electron chi connectivity index (χ4n) is 1.23. The van der Waals surface area contributed by atoms with Gasteiger partial charge in [-0.3, -0.25) is 9.63 Å². The van der Waals surface area contributed by atoms with Gasteiger partial charge in [0.1, 0.15) is 0 Å². The first kappa shape index (κ1) is 10.2. The smallest absolute Gasteiger partial charge is 0.436 e. The van der Waals surface area contributed by atoms with Gasteiger partial charge in [-0.2, -0.15) is 0 Å². The number of fused-ring (bicyclic) bond motifs is 1. The van der Waals surface area contributed by atoms with Crippen molar-refractivity contribution in [2.24, 2.45) is 0 Å². The Morgan fingerprint density at radius 1 is 1.38 bits per heavy atom. The average molecular weight is 223 g/mol. The van der Waals surface area contributed by atoms with E-state index in [0.29, 0.717) is 16.4 Å². The molecule has 2 rings (SSSR count). The lowest BCUT2D eigenvalue weighted by atomic mass is 10.1. The van der Waals surface area contributed by atoms with Crippen LogP contribution >= 0.6 is 0 Å². The zero-order chi connectivity index (χ0) is 11.5. The van der Waals surface area contributed by atoms with Gasteiger partial charge < -0.3 is 10.2 Å². The van der Waals surface area contributed by atoms with E-state index >= 15 is 0 Å². The Labute approximate surface area is 90.8 Å². The number of rotatable bonds is 1. The lowest BCUT2D eigenvalue weighted by Gasteiger charge is -2.27. The minimum Gasteiger partial charge on any atom is -0.436 e. The van der Waals surface area contributed by atoms with Crippen LogP contribution in [0.1, 0.15) is 10.4 Å². The molecular weight excluding hydrogens is 214 g/mol. The molecule has 1 heterocycles. The van der Waals surface area contributed by atoms with Crippen LogP contribution in [0.2, 0.25) is 0 Å². The monoisotopic (exact) mass is 223 g/mol. The van der Waals surface area contributed by atoms with Crippen LogP contribution in [0.15, 0.2) is 24.3 Å². The quantitative estimate of drug-likeness (QED) is 0.681. The topological polar surface area (TPSA) is 79.9 Å². The maximum absolute atomic E-state index is 11.8. The van der Waals surface area contributed by atoms with Crippen molar-refractivity contribution >= 4 is 17.7 Å². The highest BCUT2D eigenvalue weighted by Crippen LogP contribution is 2.19. The second-order valence-corrected chi connectivity index (χ2v) is 2.93. The zero-order valence-corrected chi connectivity index (χ0v) is 8.39. The molecule has 0 bridgehead atoms. The number of carbonyl (C=O) groups is 2. The fraction of sp³-hybridized carbons (Fsp3) is 0.111. The van der Waals surface area contributed by atoms with Crippen LogP contribution < -0.4 is 11.0 Å². The van der Waals surface area contributed by atoms with Crippen LogP contribution in [0.3, 0.4) is 0 Å². The van der Waals surface area contributed by atoms with Gasteiger partial charge in [-0.15, -0.1) is 5.53 Å². The van der Waals surface area contributed by atoms with Crippen LogP contribution in [0, 0.1) is 0 Å². The predicted octanol–water partition coefficient (Wildman–Crippen LogP) is 0.672. The minimum absolute atomic E-state index is 0.394. The van der Waals surface area contributed by atoms with Crippen LogP contribution in [-0.4, -0.2) is 24.3 Å². The zero-order valence-electron chi connectivity index (χ0n) is 8.39. The lowest BCUT2D eigenvalue weighted by molar-refractivity contribution is -0.122. The van der Waals surface area contributed by atoms with Crippen molar-refractivity contribution in [2.45, 2.75) is 0 Å². The van der Waals surface area contributed by atoms with Crippen LogP contribution in [0.4, 0.5) is 10.5 Å². The summed E-state index contributed by atoms with van der Waals surface area (Å²) in [6.07, 6.45) is -0.984. The first-order valence-electron chi connectivity index (χ1n) is 4.43. The third kappa shape index (κ3) is 1.75. The van der Waals surface area contributed by atoms with Gasteiger partial charge in [-0.1, -0.05) is 17.3 Å². The minimum atomic E-state index is -0.984. The average Bonchev–Trinajstić information content (AvgIpc) is 2.33. The van der Waals surface area contributed by atoms with Gasteiger partial charge in [0.15, 0.2) is 0 Å². The summed E-state index contributed by atoms with van der Waals surface area (Å²) in [4.78, 5) is 27.1. The molecule has 0 aliphatic carbocycles. The third-order valence-electron chi connectivity index (χ3n) is 1.97. The van der Waals surface area contributed by atoms with E-state index in [1.807, 2.05) is 0 Å². The van der Waals surface area contributed by atoms with Gasteiger partial charge >= 0.3 is 12.1 Å². The second kappa shape index (κ2) is 4.07. The Morgan fingerprint density at radius 3 is 2.88 bits per heavy atom. The molecule has 0 fully saturated rings. The van der Waals surface area contributed by atoms with E-state index in [1.54, 1.807) is 24.3 Å². The Balaban J connectivity index is 2.18.